The molecule has 1 aliphatic heterocycles. The van der Waals surface area contributed by atoms with Crippen molar-refractivity contribution in [2.75, 3.05) is 37.6 Å². The van der Waals surface area contributed by atoms with E-state index in [1.807, 2.05) is 35.8 Å². The van der Waals surface area contributed by atoms with Gasteiger partial charge in [-0.1, -0.05) is 29.8 Å². The van der Waals surface area contributed by atoms with Gasteiger partial charge in [-0.3, -0.25) is 9.69 Å². The molecule has 5 nitrogen and oxygen atoms in total. The van der Waals surface area contributed by atoms with Gasteiger partial charge in [0.25, 0.3) is 0 Å². The lowest BCUT2D eigenvalue weighted by molar-refractivity contribution is -0.122. The van der Waals surface area contributed by atoms with E-state index in [0.29, 0.717) is 18.1 Å². The lowest BCUT2D eigenvalue weighted by Gasteiger charge is -2.34. The van der Waals surface area contributed by atoms with E-state index in [0.717, 1.165) is 36.9 Å². The minimum atomic E-state index is 0.0348. The van der Waals surface area contributed by atoms with Crippen LogP contribution in [0, 0.1) is 0 Å². The smallest absolute Gasteiger partial charge is 0.234 e. The summed E-state index contributed by atoms with van der Waals surface area (Å²) in [4.78, 5) is 20.9. The molecular formula is C16H19ClN4OS. The standard InChI is InChI=1S/C16H19ClN4OS/c17-14-4-2-1-3-13(14)11-19-15(22)12-20-6-8-21(9-7-20)16-18-5-10-23-16/h1-5,10H,6-9,11-12H2,(H,19,22). The number of nitrogens with one attached hydrogen (secondary N) is 1. The van der Waals surface area contributed by atoms with Crippen molar-refractivity contribution < 1.29 is 4.79 Å². The van der Waals surface area contributed by atoms with Gasteiger partial charge in [-0.2, -0.15) is 0 Å². The Kier molecular flexibility index (Phi) is 5.48. The number of carbonyl (C=O) groups is 1. The quantitative estimate of drug-likeness (QED) is 0.898. The summed E-state index contributed by atoms with van der Waals surface area (Å²) in [6, 6.07) is 7.57. The third-order valence-electron chi connectivity index (χ3n) is 3.86. The number of piperazine rings is 1. The maximum atomic E-state index is 12.1. The van der Waals surface area contributed by atoms with Crippen LogP contribution in [0.3, 0.4) is 0 Å². The molecule has 23 heavy (non-hydrogen) atoms. The zero-order chi connectivity index (χ0) is 16.1. The number of rotatable bonds is 5. The van der Waals surface area contributed by atoms with E-state index in [2.05, 4.69) is 20.1 Å². The third-order valence-corrected chi connectivity index (χ3v) is 5.06. The molecular weight excluding hydrogens is 332 g/mol. The molecule has 1 fully saturated rings. The average Bonchev–Trinajstić information content (AvgIpc) is 3.09. The molecule has 1 saturated heterocycles. The highest BCUT2D eigenvalue weighted by Crippen LogP contribution is 2.18. The van der Waals surface area contributed by atoms with E-state index in [4.69, 9.17) is 11.6 Å². The molecule has 1 aliphatic rings. The molecule has 2 aromatic rings. The first-order valence-corrected chi connectivity index (χ1v) is 8.85. The largest absolute Gasteiger partial charge is 0.351 e. The molecule has 0 unspecified atom stereocenters. The molecule has 0 bridgehead atoms. The van der Waals surface area contributed by atoms with Crippen molar-refractivity contribution >= 4 is 34.0 Å². The van der Waals surface area contributed by atoms with E-state index in [9.17, 15) is 4.79 Å². The zero-order valence-electron chi connectivity index (χ0n) is 12.7. The van der Waals surface area contributed by atoms with E-state index < -0.39 is 0 Å². The molecule has 0 saturated carbocycles. The Hall–Kier alpha value is -1.63. The van der Waals surface area contributed by atoms with Crippen molar-refractivity contribution in [3.63, 3.8) is 0 Å². The minimum Gasteiger partial charge on any atom is -0.351 e. The number of halogens is 1. The molecule has 0 aliphatic carbocycles. The third kappa shape index (κ3) is 4.43. The van der Waals surface area contributed by atoms with Crippen molar-refractivity contribution in [1.29, 1.82) is 0 Å². The summed E-state index contributed by atoms with van der Waals surface area (Å²) in [5.41, 5.74) is 0.941. The molecule has 7 heteroatoms. The number of hydrogen-bond acceptors (Lipinski definition) is 5. The molecule has 1 aromatic heterocycles. The van der Waals surface area contributed by atoms with E-state index in [-0.39, 0.29) is 5.91 Å². The predicted molar refractivity (Wildman–Crippen MR) is 94.1 cm³/mol. The lowest BCUT2D eigenvalue weighted by Crippen LogP contribution is -2.49. The number of aromatic nitrogens is 1. The van der Waals surface area contributed by atoms with Gasteiger partial charge in [0, 0.05) is 49.3 Å². The second-order valence-corrected chi connectivity index (χ2v) is 6.73. The molecule has 0 atom stereocenters. The monoisotopic (exact) mass is 350 g/mol. The van der Waals surface area contributed by atoms with Gasteiger partial charge in [0.1, 0.15) is 0 Å². The normalized spacial score (nSPS) is 15.6. The molecule has 0 spiro atoms. The number of benzene rings is 1. The Morgan fingerprint density at radius 1 is 1.26 bits per heavy atom. The van der Waals surface area contributed by atoms with Gasteiger partial charge in [0.2, 0.25) is 5.91 Å². The maximum Gasteiger partial charge on any atom is 0.234 e. The van der Waals surface area contributed by atoms with Crippen molar-refractivity contribution in [3.8, 4) is 0 Å². The van der Waals surface area contributed by atoms with E-state index in [1.54, 1.807) is 11.3 Å². The van der Waals surface area contributed by atoms with Gasteiger partial charge in [-0.15, -0.1) is 11.3 Å². The zero-order valence-corrected chi connectivity index (χ0v) is 14.3. The Morgan fingerprint density at radius 3 is 2.74 bits per heavy atom. The number of thiazole rings is 1. The lowest BCUT2D eigenvalue weighted by atomic mass is 10.2. The fourth-order valence-corrected chi connectivity index (χ4v) is 3.46. The second kappa shape index (κ2) is 7.77. The second-order valence-electron chi connectivity index (χ2n) is 5.45. The Labute approximate surface area is 144 Å². The van der Waals surface area contributed by atoms with Gasteiger partial charge in [0.15, 0.2) is 5.13 Å². The van der Waals surface area contributed by atoms with Crippen LogP contribution >= 0.6 is 22.9 Å². The van der Waals surface area contributed by atoms with Crippen LogP contribution in [0.4, 0.5) is 5.13 Å². The van der Waals surface area contributed by atoms with Gasteiger partial charge in [-0.05, 0) is 11.6 Å². The van der Waals surface area contributed by atoms with Gasteiger partial charge >= 0.3 is 0 Å². The van der Waals surface area contributed by atoms with Gasteiger partial charge in [0.05, 0.1) is 6.54 Å². The molecule has 1 N–H and O–H groups in total. The molecule has 1 aromatic carbocycles. The highest BCUT2D eigenvalue weighted by molar-refractivity contribution is 7.13. The summed E-state index contributed by atoms with van der Waals surface area (Å²) in [5.74, 6) is 0.0348. The number of carbonyl (C=O) groups excluding carboxylic acids is 1. The number of nitrogens with zero attached hydrogens (tertiary/aromatic N) is 3. The highest BCUT2D eigenvalue weighted by Gasteiger charge is 2.20. The SMILES string of the molecule is O=C(CN1CCN(c2nccs2)CC1)NCc1ccccc1Cl. The van der Waals surface area contributed by atoms with Crippen molar-refractivity contribution in [3.05, 3.63) is 46.4 Å². The highest BCUT2D eigenvalue weighted by atomic mass is 35.5. The summed E-state index contributed by atoms with van der Waals surface area (Å²) in [6.07, 6.45) is 1.83. The first-order chi connectivity index (χ1) is 11.2. The van der Waals surface area contributed by atoms with Gasteiger partial charge in [-0.25, -0.2) is 4.98 Å². The van der Waals surface area contributed by atoms with Crippen LogP contribution in [-0.4, -0.2) is 48.5 Å². The molecule has 0 radical (unpaired) electrons. The summed E-state index contributed by atoms with van der Waals surface area (Å²) in [5, 5.41) is 6.67. The number of hydrogen-bond donors (Lipinski definition) is 1. The summed E-state index contributed by atoms with van der Waals surface area (Å²) in [7, 11) is 0. The fourth-order valence-electron chi connectivity index (χ4n) is 2.56. The Morgan fingerprint density at radius 2 is 2.04 bits per heavy atom. The van der Waals surface area contributed by atoms with Crippen molar-refractivity contribution in [1.82, 2.24) is 15.2 Å². The molecule has 122 valence electrons. The number of amides is 1. The first-order valence-electron chi connectivity index (χ1n) is 7.59. The van der Waals surface area contributed by atoms with Crippen LogP contribution in [0.2, 0.25) is 5.02 Å². The van der Waals surface area contributed by atoms with Crippen LogP contribution in [0.25, 0.3) is 0 Å². The predicted octanol–water partition coefficient (Wildman–Crippen LogP) is 2.23. The number of anilines is 1. The minimum absolute atomic E-state index is 0.0348. The molecule has 2 heterocycles. The van der Waals surface area contributed by atoms with Crippen LogP contribution < -0.4 is 10.2 Å². The molecule has 1 amide bonds. The topological polar surface area (TPSA) is 48.5 Å². The summed E-state index contributed by atoms with van der Waals surface area (Å²) >= 11 is 7.75. The first kappa shape index (κ1) is 16.2. The van der Waals surface area contributed by atoms with Gasteiger partial charge < -0.3 is 10.2 Å². The van der Waals surface area contributed by atoms with Crippen LogP contribution in [-0.2, 0) is 11.3 Å². The Balaban J connectivity index is 1.42. The van der Waals surface area contributed by atoms with E-state index >= 15 is 0 Å². The summed E-state index contributed by atoms with van der Waals surface area (Å²) < 4.78 is 0. The fraction of sp³-hybridized carbons (Fsp3) is 0.375. The van der Waals surface area contributed by atoms with Crippen molar-refractivity contribution in [2.45, 2.75) is 6.54 Å². The van der Waals surface area contributed by atoms with Crippen molar-refractivity contribution in [2.24, 2.45) is 0 Å². The van der Waals surface area contributed by atoms with Crippen LogP contribution in [0.1, 0.15) is 5.56 Å². The van der Waals surface area contributed by atoms with Crippen LogP contribution in [0.15, 0.2) is 35.8 Å². The molecule has 3 rings (SSSR count). The maximum absolute atomic E-state index is 12.1. The van der Waals surface area contributed by atoms with E-state index in [1.165, 1.54) is 0 Å². The van der Waals surface area contributed by atoms with Crippen LogP contribution in [0.5, 0.6) is 0 Å². The summed E-state index contributed by atoms with van der Waals surface area (Å²) in [6.45, 7) is 4.46. The average molecular weight is 351 g/mol. The Bertz CT molecular complexity index is 641.